The van der Waals surface area contributed by atoms with Crippen molar-refractivity contribution in [1.82, 2.24) is 9.55 Å². The highest BCUT2D eigenvalue weighted by Crippen LogP contribution is 2.36. The molecule has 2 aromatic rings. The number of fused-ring (bicyclic) bond motifs is 1. The number of hydrogen-bond donors (Lipinski definition) is 1. The first kappa shape index (κ1) is 20.2. The predicted molar refractivity (Wildman–Crippen MR) is 107 cm³/mol. The van der Waals surface area contributed by atoms with E-state index in [0.717, 1.165) is 48.5 Å². The second kappa shape index (κ2) is 8.63. The lowest BCUT2D eigenvalue weighted by atomic mass is 9.96. The smallest absolute Gasteiger partial charge is 0.325 e. The molecule has 1 unspecified atom stereocenters. The van der Waals surface area contributed by atoms with Crippen molar-refractivity contribution in [3.05, 3.63) is 51.0 Å². The van der Waals surface area contributed by atoms with Crippen molar-refractivity contribution < 1.29 is 9.63 Å². The lowest BCUT2D eigenvalue weighted by molar-refractivity contribution is -0.144. The van der Waals surface area contributed by atoms with Gasteiger partial charge in [0.05, 0.1) is 22.2 Å². The molecular formula is C20H25Cl2N3O2. The first-order valence-corrected chi connectivity index (χ1v) is 10.1. The number of nitrogens with zero attached hydrogens (tertiary/aromatic N) is 2. The topological polar surface area (TPSA) is 70.1 Å². The maximum atomic E-state index is 11.9. The zero-order valence-electron chi connectivity index (χ0n) is 15.7. The quantitative estimate of drug-likeness (QED) is 0.558. The van der Waals surface area contributed by atoms with Crippen LogP contribution in [0.25, 0.3) is 0 Å². The van der Waals surface area contributed by atoms with Crippen LogP contribution in [0.5, 0.6) is 0 Å². The minimum absolute atomic E-state index is 0.0568. The van der Waals surface area contributed by atoms with Gasteiger partial charge in [-0.1, -0.05) is 49.5 Å². The molecule has 1 aliphatic carbocycles. The van der Waals surface area contributed by atoms with Crippen LogP contribution in [-0.4, -0.2) is 15.5 Å². The van der Waals surface area contributed by atoms with Crippen LogP contribution >= 0.6 is 23.2 Å². The van der Waals surface area contributed by atoms with Gasteiger partial charge in [-0.3, -0.25) is 4.79 Å². The monoisotopic (exact) mass is 409 g/mol. The number of halogens is 2. The zero-order chi connectivity index (χ0) is 19.6. The Bertz CT molecular complexity index is 833. The number of hydrogen-bond acceptors (Lipinski definition) is 4. The van der Waals surface area contributed by atoms with Gasteiger partial charge in [-0.05, 0) is 37.0 Å². The minimum Gasteiger partial charge on any atom is -0.373 e. The van der Waals surface area contributed by atoms with Gasteiger partial charge in [0.2, 0.25) is 0 Å². The van der Waals surface area contributed by atoms with Gasteiger partial charge in [0, 0.05) is 24.1 Å². The van der Waals surface area contributed by atoms with Gasteiger partial charge in [-0.15, -0.1) is 0 Å². The molecular weight excluding hydrogens is 385 g/mol. The lowest BCUT2D eigenvalue weighted by Crippen LogP contribution is -2.18. The van der Waals surface area contributed by atoms with Crippen molar-refractivity contribution in [2.45, 2.75) is 64.3 Å². The average Bonchev–Trinajstić information content (AvgIpc) is 2.87. The van der Waals surface area contributed by atoms with Gasteiger partial charge >= 0.3 is 5.97 Å². The Morgan fingerprint density at radius 3 is 2.78 bits per heavy atom. The fourth-order valence-electron chi connectivity index (χ4n) is 3.87. The van der Waals surface area contributed by atoms with Gasteiger partial charge in [0.25, 0.3) is 0 Å². The van der Waals surface area contributed by atoms with Crippen LogP contribution in [0.1, 0.15) is 74.1 Å². The number of carbonyl (C=O) groups excluding carboxylic acids is 1. The number of benzene rings is 1. The molecule has 1 aliphatic rings. The molecule has 0 fully saturated rings. The van der Waals surface area contributed by atoms with E-state index < -0.39 is 0 Å². The average molecular weight is 410 g/mol. The third kappa shape index (κ3) is 4.48. The van der Waals surface area contributed by atoms with Crippen molar-refractivity contribution in [1.29, 1.82) is 0 Å². The zero-order valence-corrected chi connectivity index (χ0v) is 17.2. The van der Waals surface area contributed by atoms with E-state index in [1.54, 1.807) is 0 Å². The van der Waals surface area contributed by atoms with Crippen molar-refractivity contribution in [3.63, 3.8) is 0 Å². The first-order chi connectivity index (χ1) is 12.9. The number of aromatic nitrogens is 2. The molecule has 0 bridgehead atoms. The summed E-state index contributed by atoms with van der Waals surface area (Å²) in [6.07, 6.45) is 4.25. The van der Waals surface area contributed by atoms with Crippen LogP contribution in [0.2, 0.25) is 10.0 Å². The third-order valence-electron chi connectivity index (χ3n) is 5.10. The fourth-order valence-corrected chi connectivity index (χ4v) is 4.19. The summed E-state index contributed by atoms with van der Waals surface area (Å²) in [5.74, 6) is 6.06. The van der Waals surface area contributed by atoms with Crippen LogP contribution in [0, 0.1) is 0 Å². The largest absolute Gasteiger partial charge is 0.373 e. The van der Waals surface area contributed by atoms with Gasteiger partial charge in [0.15, 0.2) is 0 Å². The molecule has 0 saturated heterocycles. The maximum Gasteiger partial charge on any atom is 0.325 e. The summed E-state index contributed by atoms with van der Waals surface area (Å²) in [5.41, 5.74) is 3.27. The molecule has 0 aliphatic heterocycles. The van der Waals surface area contributed by atoms with Crippen molar-refractivity contribution in [2.75, 3.05) is 0 Å². The van der Waals surface area contributed by atoms with E-state index in [2.05, 4.69) is 23.3 Å². The Hall–Kier alpha value is -1.56. The van der Waals surface area contributed by atoms with Gasteiger partial charge in [-0.25, -0.2) is 4.98 Å². The highest BCUT2D eigenvalue weighted by atomic mass is 35.5. The minimum atomic E-state index is -0.388. The van der Waals surface area contributed by atoms with Crippen LogP contribution < -0.4 is 5.90 Å². The normalized spacial score (nSPS) is 16.9. The Morgan fingerprint density at radius 1 is 1.33 bits per heavy atom. The molecule has 5 nitrogen and oxygen atoms in total. The summed E-state index contributed by atoms with van der Waals surface area (Å²) in [5, 5.41) is 1.08. The summed E-state index contributed by atoms with van der Waals surface area (Å²) in [6.45, 7) is 4.91. The maximum absolute atomic E-state index is 11.9. The molecule has 0 radical (unpaired) electrons. The number of aryl methyl sites for hydroxylation is 1. The molecule has 2 N–H and O–H groups in total. The molecule has 146 valence electrons. The SMILES string of the molecule is CC(C)c1nc2c(n1Cc1ccc(Cl)c(Cl)c1)C(CC(=O)ON)CCCC2. The summed E-state index contributed by atoms with van der Waals surface area (Å²) in [7, 11) is 0. The second-order valence-electron chi connectivity index (χ2n) is 7.43. The number of imidazole rings is 1. The number of nitrogens with two attached hydrogens (primary N) is 1. The van der Waals surface area contributed by atoms with Crippen molar-refractivity contribution >= 4 is 29.2 Å². The molecule has 1 heterocycles. The standard InChI is InChI=1S/C20H25Cl2N3O2/c1-12(2)20-24-17-6-4-3-5-14(10-18(26)27-23)19(17)25(20)11-13-7-8-15(21)16(22)9-13/h7-9,12,14H,3-6,10-11,23H2,1-2H3. The molecule has 27 heavy (non-hydrogen) atoms. The van der Waals surface area contributed by atoms with Crippen LogP contribution in [0.15, 0.2) is 18.2 Å². The predicted octanol–water partition coefficient (Wildman–Crippen LogP) is 4.98. The van der Waals surface area contributed by atoms with Crippen LogP contribution in [-0.2, 0) is 22.6 Å². The summed E-state index contributed by atoms with van der Waals surface area (Å²) < 4.78 is 2.25. The van der Waals surface area contributed by atoms with Crippen molar-refractivity contribution in [2.24, 2.45) is 5.90 Å². The molecule has 3 rings (SSSR count). The van der Waals surface area contributed by atoms with Crippen LogP contribution in [0.3, 0.4) is 0 Å². The van der Waals surface area contributed by atoms with E-state index in [-0.39, 0.29) is 24.2 Å². The second-order valence-corrected chi connectivity index (χ2v) is 8.24. The number of carbonyl (C=O) groups is 1. The first-order valence-electron chi connectivity index (χ1n) is 9.33. The Kier molecular flexibility index (Phi) is 6.45. The fraction of sp³-hybridized carbons (Fsp3) is 0.500. The number of rotatable bonds is 5. The molecule has 1 aromatic carbocycles. The van der Waals surface area contributed by atoms with E-state index in [0.29, 0.717) is 16.6 Å². The highest BCUT2D eigenvalue weighted by Gasteiger charge is 2.29. The molecule has 0 spiro atoms. The molecule has 1 atom stereocenters. The summed E-state index contributed by atoms with van der Waals surface area (Å²) in [4.78, 5) is 21.3. The summed E-state index contributed by atoms with van der Waals surface area (Å²) >= 11 is 12.3. The van der Waals surface area contributed by atoms with Crippen LogP contribution in [0.4, 0.5) is 0 Å². The highest BCUT2D eigenvalue weighted by molar-refractivity contribution is 6.42. The van der Waals surface area contributed by atoms with E-state index in [4.69, 9.17) is 34.1 Å². The Morgan fingerprint density at radius 2 is 2.11 bits per heavy atom. The van der Waals surface area contributed by atoms with Crippen molar-refractivity contribution in [3.8, 4) is 0 Å². The molecule has 1 aromatic heterocycles. The van der Waals surface area contributed by atoms with E-state index in [9.17, 15) is 4.79 Å². The molecule has 0 amide bonds. The Labute approximate surface area is 169 Å². The van der Waals surface area contributed by atoms with E-state index in [1.165, 1.54) is 0 Å². The molecule has 0 saturated carbocycles. The summed E-state index contributed by atoms with van der Waals surface area (Å²) in [6, 6.07) is 5.68. The Balaban J connectivity index is 2.06. The lowest BCUT2D eigenvalue weighted by Gasteiger charge is -2.20. The molecule has 7 heteroatoms. The van der Waals surface area contributed by atoms with Gasteiger partial charge in [-0.2, -0.15) is 5.90 Å². The van der Waals surface area contributed by atoms with E-state index in [1.807, 2.05) is 18.2 Å². The van der Waals surface area contributed by atoms with Gasteiger partial charge in [0.1, 0.15) is 5.82 Å². The van der Waals surface area contributed by atoms with E-state index >= 15 is 0 Å². The van der Waals surface area contributed by atoms with Gasteiger partial charge < -0.3 is 9.40 Å². The third-order valence-corrected chi connectivity index (χ3v) is 5.84.